The van der Waals surface area contributed by atoms with Gasteiger partial charge in [0.1, 0.15) is 26.9 Å². The third-order valence-corrected chi connectivity index (χ3v) is 7.23. The fraction of sp³-hybridized carbons (Fsp3) is 0.320. The highest BCUT2D eigenvalue weighted by Gasteiger charge is 2.25. The van der Waals surface area contributed by atoms with Crippen molar-refractivity contribution in [3.05, 3.63) is 40.8 Å². The molecule has 35 heavy (non-hydrogen) atoms. The third-order valence-electron chi connectivity index (χ3n) is 6.12. The molecule has 0 atom stereocenters. The second-order valence-corrected chi connectivity index (χ2v) is 9.41. The Bertz CT molecular complexity index is 1370. The first-order valence-electron chi connectivity index (χ1n) is 11.6. The molecule has 5 rings (SSSR count). The molecule has 0 spiro atoms. The SMILES string of the molecule is CN=Cc1c(NCCCN2CCOCC2)nc2sc(C(N)=O)c(N)c2c1-c1cc2ccccc2o1. The number of furan rings is 1. The van der Waals surface area contributed by atoms with E-state index >= 15 is 0 Å². The number of nitrogens with two attached hydrogens (primary N) is 2. The Morgan fingerprint density at radius 3 is 2.86 bits per heavy atom. The number of rotatable bonds is 8. The molecule has 3 aromatic heterocycles. The van der Waals surface area contributed by atoms with Gasteiger partial charge in [-0.05, 0) is 25.1 Å². The van der Waals surface area contributed by atoms with Crippen LogP contribution in [-0.4, -0.2) is 68.4 Å². The van der Waals surface area contributed by atoms with Gasteiger partial charge in [0.25, 0.3) is 5.91 Å². The van der Waals surface area contributed by atoms with Crippen LogP contribution in [0.4, 0.5) is 11.5 Å². The number of para-hydroxylation sites is 1. The zero-order chi connectivity index (χ0) is 24.4. The lowest BCUT2D eigenvalue weighted by Gasteiger charge is -2.26. The van der Waals surface area contributed by atoms with E-state index in [0.29, 0.717) is 27.5 Å². The first kappa shape index (κ1) is 23.3. The lowest BCUT2D eigenvalue weighted by molar-refractivity contribution is 0.0378. The van der Waals surface area contributed by atoms with Crippen LogP contribution in [0.25, 0.3) is 32.5 Å². The van der Waals surface area contributed by atoms with E-state index in [0.717, 1.165) is 67.9 Å². The van der Waals surface area contributed by atoms with Gasteiger partial charge in [0, 0.05) is 54.8 Å². The molecule has 182 valence electrons. The molecule has 0 radical (unpaired) electrons. The Morgan fingerprint density at radius 2 is 2.11 bits per heavy atom. The lowest BCUT2D eigenvalue weighted by Crippen LogP contribution is -2.37. The van der Waals surface area contributed by atoms with Crippen LogP contribution in [0.15, 0.2) is 39.7 Å². The number of amides is 1. The maximum absolute atomic E-state index is 12.1. The van der Waals surface area contributed by atoms with Gasteiger partial charge in [0.2, 0.25) is 0 Å². The molecule has 0 unspecified atom stereocenters. The summed E-state index contributed by atoms with van der Waals surface area (Å²) in [4.78, 5) is 24.5. The van der Waals surface area contributed by atoms with Gasteiger partial charge >= 0.3 is 0 Å². The van der Waals surface area contributed by atoms with E-state index < -0.39 is 5.91 Å². The van der Waals surface area contributed by atoms with Crippen molar-refractivity contribution in [1.29, 1.82) is 0 Å². The summed E-state index contributed by atoms with van der Waals surface area (Å²) in [6.45, 7) is 5.18. The average Bonchev–Trinajstić information content (AvgIpc) is 3.44. The molecule has 1 fully saturated rings. The maximum atomic E-state index is 12.1. The zero-order valence-electron chi connectivity index (χ0n) is 19.5. The Morgan fingerprint density at radius 1 is 1.31 bits per heavy atom. The van der Waals surface area contributed by atoms with E-state index in [2.05, 4.69) is 15.2 Å². The average molecular weight is 493 g/mol. The van der Waals surface area contributed by atoms with Crippen molar-refractivity contribution < 1.29 is 13.9 Å². The Labute approximate surface area is 206 Å². The Kier molecular flexibility index (Phi) is 6.67. The molecule has 0 saturated carbocycles. The van der Waals surface area contributed by atoms with Gasteiger partial charge in [0.15, 0.2) is 0 Å². The van der Waals surface area contributed by atoms with Gasteiger partial charge in [-0.2, -0.15) is 0 Å². The van der Waals surface area contributed by atoms with E-state index in [9.17, 15) is 4.79 Å². The van der Waals surface area contributed by atoms with Gasteiger partial charge in [-0.1, -0.05) is 18.2 Å². The summed E-state index contributed by atoms with van der Waals surface area (Å²) in [5.74, 6) is 0.718. The fourth-order valence-electron chi connectivity index (χ4n) is 4.43. The molecule has 0 aliphatic carbocycles. The van der Waals surface area contributed by atoms with Crippen LogP contribution < -0.4 is 16.8 Å². The number of nitrogens with one attached hydrogen (secondary N) is 1. The predicted octanol–water partition coefficient (Wildman–Crippen LogP) is 3.57. The number of nitrogen functional groups attached to an aromatic ring is 1. The van der Waals surface area contributed by atoms with Crippen LogP contribution in [0.5, 0.6) is 0 Å². The number of aromatic nitrogens is 1. The van der Waals surface area contributed by atoms with Crippen molar-refractivity contribution in [2.75, 3.05) is 57.5 Å². The highest BCUT2D eigenvalue weighted by atomic mass is 32.1. The minimum absolute atomic E-state index is 0.286. The van der Waals surface area contributed by atoms with E-state index in [4.69, 9.17) is 25.6 Å². The van der Waals surface area contributed by atoms with Gasteiger partial charge < -0.3 is 25.9 Å². The quantitative estimate of drug-likeness (QED) is 0.253. The molecule has 10 heteroatoms. The van der Waals surface area contributed by atoms with Gasteiger partial charge in [-0.3, -0.25) is 14.7 Å². The van der Waals surface area contributed by atoms with E-state index in [1.165, 1.54) is 11.3 Å². The third kappa shape index (κ3) is 4.60. The number of carbonyl (C=O) groups is 1. The summed E-state index contributed by atoms with van der Waals surface area (Å²) >= 11 is 1.19. The van der Waals surface area contributed by atoms with Gasteiger partial charge in [-0.25, -0.2) is 4.98 Å². The standard InChI is InChI=1S/C25H28N6O3S/c1-28-14-16-19(18-13-15-5-2-3-6-17(15)34-18)20-21(26)22(23(27)32)35-25(20)30-24(16)29-7-4-8-31-9-11-33-12-10-31/h2-3,5-6,13-14H,4,7-12,26H2,1H3,(H2,27,32)(H,29,30). The van der Waals surface area contributed by atoms with Crippen LogP contribution in [0.3, 0.4) is 0 Å². The molecular formula is C25H28N6O3S. The number of hydrogen-bond acceptors (Lipinski definition) is 9. The van der Waals surface area contributed by atoms with Crippen molar-refractivity contribution >= 4 is 56.1 Å². The number of hydrogen-bond donors (Lipinski definition) is 3. The number of morpholine rings is 1. The van der Waals surface area contributed by atoms with Gasteiger partial charge in [0.05, 0.1) is 18.9 Å². The smallest absolute Gasteiger partial charge is 0.260 e. The van der Waals surface area contributed by atoms with Crippen LogP contribution >= 0.6 is 11.3 Å². The monoisotopic (exact) mass is 492 g/mol. The van der Waals surface area contributed by atoms with Crippen LogP contribution in [-0.2, 0) is 4.74 Å². The summed E-state index contributed by atoms with van der Waals surface area (Å²) in [5, 5.41) is 5.10. The minimum atomic E-state index is -0.577. The first-order chi connectivity index (χ1) is 17.1. The second kappa shape index (κ2) is 10.0. The highest BCUT2D eigenvalue weighted by molar-refractivity contribution is 7.21. The number of thiophene rings is 1. The molecule has 1 saturated heterocycles. The summed E-state index contributed by atoms with van der Waals surface area (Å²) in [5.41, 5.74) is 14.6. The van der Waals surface area contributed by atoms with Crippen LogP contribution in [0.2, 0.25) is 0 Å². The number of benzene rings is 1. The molecule has 1 aliphatic heterocycles. The molecule has 9 nitrogen and oxygen atoms in total. The molecule has 1 aliphatic rings. The fourth-order valence-corrected chi connectivity index (χ4v) is 5.39. The Hall–Kier alpha value is -3.47. The van der Waals surface area contributed by atoms with Crippen molar-refractivity contribution in [2.45, 2.75) is 6.42 Å². The largest absolute Gasteiger partial charge is 0.456 e. The molecular weight excluding hydrogens is 464 g/mol. The second-order valence-electron chi connectivity index (χ2n) is 8.41. The van der Waals surface area contributed by atoms with Crippen LogP contribution in [0.1, 0.15) is 21.7 Å². The Balaban J connectivity index is 1.58. The maximum Gasteiger partial charge on any atom is 0.260 e. The van der Waals surface area contributed by atoms with Crippen LogP contribution in [0, 0.1) is 0 Å². The number of ether oxygens (including phenoxy) is 1. The first-order valence-corrected chi connectivity index (χ1v) is 12.4. The predicted molar refractivity (Wildman–Crippen MR) is 142 cm³/mol. The van der Waals surface area contributed by atoms with Crippen molar-refractivity contribution in [2.24, 2.45) is 10.7 Å². The van der Waals surface area contributed by atoms with Crippen molar-refractivity contribution in [3.63, 3.8) is 0 Å². The summed E-state index contributed by atoms with van der Waals surface area (Å²) in [6, 6.07) is 9.77. The lowest BCUT2D eigenvalue weighted by atomic mass is 10.0. The molecule has 1 aromatic carbocycles. The molecule has 5 N–H and O–H groups in total. The summed E-state index contributed by atoms with van der Waals surface area (Å²) in [7, 11) is 1.71. The normalized spacial score (nSPS) is 14.9. The van der Waals surface area contributed by atoms with E-state index in [1.54, 1.807) is 13.3 Å². The zero-order valence-corrected chi connectivity index (χ0v) is 20.4. The molecule has 1 amide bonds. The molecule has 4 aromatic rings. The number of fused-ring (bicyclic) bond motifs is 2. The van der Waals surface area contributed by atoms with E-state index in [-0.39, 0.29) is 4.88 Å². The number of carbonyl (C=O) groups excluding carboxylic acids is 1. The minimum Gasteiger partial charge on any atom is -0.456 e. The van der Waals surface area contributed by atoms with Crippen molar-refractivity contribution in [3.8, 4) is 11.3 Å². The number of anilines is 2. The van der Waals surface area contributed by atoms with Gasteiger partial charge in [-0.15, -0.1) is 11.3 Å². The topological polar surface area (TPSA) is 132 Å². The number of primary amides is 1. The summed E-state index contributed by atoms with van der Waals surface area (Å²) in [6.07, 6.45) is 2.70. The van der Waals surface area contributed by atoms with Crippen molar-refractivity contribution in [1.82, 2.24) is 9.88 Å². The summed E-state index contributed by atoms with van der Waals surface area (Å²) < 4.78 is 11.7. The number of aliphatic imine (C=N–C) groups is 1. The number of nitrogens with zero attached hydrogens (tertiary/aromatic N) is 3. The van der Waals surface area contributed by atoms with E-state index in [1.807, 2.05) is 30.3 Å². The highest BCUT2D eigenvalue weighted by Crippen LogP contribution is 2.44. The number of pyridine rings is 1. The molecule has 4 heterocycles. The molecule has 0 bridgehead atoms.